The average Bonchev–Trinajstić information content (AvgIpc) is 2.87. The van der Waals surface area contributed by atoms with E-state index in [2.05, 4.69) is 17.0 Å². The summed E-state index contributed by atoms with van der Waals surface area (Å²) in [7, 11) is 1.29. The first-order chi connectivity index (χ1) is 17.0. The molecule has 8 heteroatoms. The monoisotopic (exact) mass is 488 g/mol. The van der Waals surface area contributed by atoms with E-state index in [-0.39, 0.29) is 18.2 Å². The number of benzene rings is 1. The number of hydrogen-bond acceptors (Lipinski definition) is 6. The zero-order valence-electron chi connectivity index (χ0n) is 21.2. The minimum absolute atomic E-state index is 0.185. The maximum atomic E-state index is 13.0. The summed E-state index contributed by atoms with van der Waals surface area (Å²) < 4.78 is 10.0. The van der Waals surface area contributed by atoms with Crippen LogP contribution in [-0.2, 0) is 19.1 Å². The van der Waals surface area contributed by atoms with Gasteiger partial charge in [-0.2, -0.15) is 0 Å². The summed E-state index contributed by atoms with van der Waals surface area (Å²) in [6, 6.07) is 5.11. The van der Waals surface area contributed by atoms with Crippen molar-refractivity contribution in [3.05, 3.63) is 35.4 Å². The van der Waals surface area contributed by atoms with Crippen LogP contribution < -0.4 is 5.32 Å². The Balaban J connectivity index is 1.75. The molecule has 1 saturated heterocycles. The van der Waals surface area contributed by atoms with Crippen LogP contribution in [0.1, 0.15) is 98.3 Å². The number of methoxy groups -OCH3 is 1. The van der Waals surface area contributed by atoms with Crippen molar-refractivity contribution < 1.29 is 28.7 Å². The average molecular weight is 489 g/mol. The summed E-state index contributed by atoms with van der Waals surface area (Å²) in [6.07, 6.45) is 11.8. The van der Waals surface area contributed by atoms with Crippen molar-refractivity contribution in [2.75, 3.05) is 26.8 Å². The number of piperazine rings is 1. The zero-order valence-corrected chi connectivity index (χ0v) is 21.2. The third-order valence-corrected chi connectivity index (χ3v) is 6.27. The van der Waals surface area contributed by atoms with Crippen LogP contribution in [0.25, 0.3) is 0 Å². The van der Waals surface area contributed by atoms with Crippen molar-refractivity contribution in [1.29, 1.82) is 0 Å². The second-order valence-corrected chi connectivity index (χ2v) is 8.98. The van der Waals surface area contributed by atoms with E-state index in [1.807, 2.05) is 0 Å². The topological polar surface area (TPSA) is 102 Å². The Morgan fingerprint density at radius 3 is 2.09 bits per heavy atom. The van der Waals surface area contributed by atoms with E-state index in [0.717, 1.165) is 19.3 Å². The van der Waals surface area contributed by atoms with Crippen LogP contribution >= 0.6 is 0 Å². The second kappa shape index (κ2) is 15.9. The summed E-state index contributed by atoms with van der Waals surface area (Å²) in [5.41, 5.74) is 0.656. The third-order valence-electron chi connectivity index (χ3n) is 6.27. The van der Waals surface area contributed by atoms with Crippen LogP contribution in [-0.4, -0.2) is 61.5 Å². The van der Waals surface area contributed by atoms with Gasteiger partial charge in [0, 0.05) is 18.7 Å². The summed E-state index contributed by atoms with van der Waals surface area (Å²) in [5.74, 6) is -1.72. The molecule has 0 bridgehead atoms. The number of carbonyl (C=O) groups is 4. The SMILES string of the molecule is CCCCCCCCCCCCOC(=O)CC1C(=O)NCCN1C(=O)c1ccc(C(=O)OC)cc1. The minimum atomic E-state index is -0.920. The number of nitrogens with one attached hydrogen (secondary N) is 1. The zero-order chi connectivity index (χ0) is 25.5. The number of nitrogens with zero attached hydrogens (tertiary/aromatic N) is 1. The van der Waals surface area contributed by atoms with E-state index in [0.29, 0.717) is 30.8 Å². The molecule has 0 radical (unpaired) electrons. The Labute approximate surface area is 208 Å². The van der Waals surface area contributed by atoms with Crippen LogP contribution in [0.15, 0.2) is 24.3 Å². The number of amides is 2. The van der Waals surface area contributed by atoms with Gasteiger partial charge in [0.25, 0.3) is 5.91 Å². The fraction of sp³-hybridized carbons (Fsp3) is 0.630. The first-order valence-corrected chi connectivity index (χ1v) is 12.9. The van der Waals surface area contributed by atoms with Crippen molar-refractivity contribution in [3.8, 4) is 0 Å². The number of esters is 2. The van der Waals surface area contributed by atoms with Gasteiger partial charge < -0.3 is 19.7 Å². The third kappa shape index (κ3) is 9.70. The van der Waals surface area contributed by atoms with E-state index >= 15 is 0 Å². The van der Waals surface area contributed by atoms with Crippen molar-refractivity contribution in [2.45, 2.75) is 83.6 Å². The molecule has 194 valence electrons. The van der Waals surface area contributed by atoms with Crippen LogP contribution in [0.3, 0.4) is 0 Å². The fourth-order valence-corrected chi connectivity index (χ4v) is 4.19. The maximum Gasteiger partial charge on any atom is 0.337 e. The van der Waals surface area contributed by atoms with E-state index in [1.54, 1.807) is 0 Å². The normalized spacial score (nSPS) is 15.4. The highest BCUT2D eigenvalue weighted by atomic mass is 16.5. The summed E-state index contributed by atoms with van der Waals surface area (Å²) >= 11 is 0. The molecule has 1 fully saturated rings. The van der Waals surface area contributed by atoms with Gasteiger partial charge in [-0.25, -0.2) is 4.79 Å². The summed E-state index contributed by atoms with van der Waals surface area (Å²) in [6.45, 7) is 3.16. The van der Waals surface area contributed by atoms with Gasteiger partial charge in [0.05, 0.1) is 25.7 Å². The molecule has 1 aliphatic heterocycles. The Kier molecular flexibility index (Phi) is 12.9. The molecule has 0 aromatic heterocycles. The molecule has 2 amide bonds. The molecule has 1 aromatic rings. The molecule has 2 rings (SSSR count). The van der Waals surface area contributed by atoms with Gasteiger partial charge in [-0.05, 0) is 30.7 Å². The molecule has 0 aliphatic carbocycles. The lowest BCUT2D eigenvalue weighted by Crippen LogP contribution is -2.57. The quantitative estimate of drug-likeness (QED) is 0.292. The highest BCUT2D eigenvalue weighted by Crippen LogP contribution is 2.16. The van der Waals surface area contributed by atoms with Crippen LogP contribution in [0.4, 0.5) is 0 Å². The van der Waals surface area contributed by atoms with Gasteiger partial charge in [0.15, 0.2) is 0 Å². The highest BCUT2D eigenvalue weighted by molar-refractivity contribution is 6.00. The van der Waals surface area contributed by atoms with Crippen LogP contribution in [0.5, 0.6) is 0 Å². The Hall–Kier alpha value is -2.90. The minimum Gasteiger partial charge on any atom is -0.466 e. The molecule has 1 aliphatic rings. The number of unbranched alkanes of at least 4 members (excludes halogenated alkanes) is 9. The van der Waals surface area contributed by atoms with Gasteiger partial charge in [0.2, 0.25) is 5.91 Å². The molecule has 8 nitrogen and oxygen atoms in total. The van der Waals surface area contributed by atoms with Gasteiger partial charge >= 0.3 is 11.9 Å². The standard InChI is InChI=1S/C27H40N2O6/c1-3-4-5-6-7-8-9-10-11-12-19-35-24(30)20-23-25(31)28-17-18-29(23)26(32)21-13-15-22(16-14-21)27(33)34-2/h13-16,23H,3-12,17-20H2,1-2H3,(H,28,31). The molecule has 1 N–H and O–H groups in total. The molecular weight excluding hydrogens is 448 g/mol. The molecule has 35 heavy (non-hydrogen) atoms. The number of rotatable bonds is 15. The first kappa shape index (κ1) is 28.3. The van der Waals surface area contributed by atoms with Crippen molar-refractivity contribution in [2.24, 2.45) is 0 Å². The number of ether oxygens (including phenoxy) is 2. The Morgan fingerprint density at radius 1 is 0.914 bits per heavy atom. The predicted molar refractivity (Wildman–Crippen MR) is 133 cm³/mol. The van der Waals surface area contributed by atoms with Crippen LogP contribution in [0.2, 0.25) is 0 Å². The highest BCUT2D eigenvalue weighted by Gasteiger charge is 2.35. The Morgan fingerprint density at radius 2 is 1.49 bits per heavy atom. The van der Waals surface area contributed by atoms with Crippen molar-refractivity contribution >= 4 is 23.8 Å². The van der Waals surface area contributed by atoms with Gasteiger partial charge in [-0.3, -0.25) is 14.4 Å². The maximum absolute atomic E-state index is 13.0. The molecule has 1 heterocycles. The molecular formula is C27H40N2O6. The largest absolute Gasteiger partial charge is 0.466 e. The molecule has 1 atom stereocenters. The summed E-state index contributed by atoms with van der Waals surface area (Å²) in [5, 5.41) is 2.72. The van der Waals surface area contributed by atoms with Crippen molar-refractivity contribution in [3.63, 3.8) is 0 Å². The lowest BCUT2D eigenvalue weighted by molar-refractivity contribution is -0.147. The van der Waals surface area contributed by atoms with Crippen molar-refractivity contribution in [1.82, 2.24) is 10.2 Å². The van der Waals surface area contributed by atoms with Gasteiger partial charge in [0.1, 0.15) is 6.04 Å². The van der Waals surface area contributed by atoms with E-state index in [1.165, 1.54) is 81.2 Å². The lowest BCUT2D eigenvalue weighted by Gasteiger charge is -2.34. The lowest BCUT2D eigenvalue weighted by atomic mass is 10.1. The predicted octanol–water partition coefficient (Wildman–Crippen LogP) is 4.27. The molecule has 0 spiro atoms. The van der Waals surface area contributed by atoms with E-state index in [4.69, 9.17) is 4.74 Å². The van der Waals surface area contributed by atoms with Crippen LogP contribution in [0, 0.1) is 0 Å². The second-order valence-electron chi connectivity index (χ2n) is 8.98. The van der Waals surface area contributed by atoms with E-state index < -0.39 is 18.0 Å². The summed E-state index contributed by atoms with van der Waals surface area (Å²) in [4.78, 5) is 50.9. The number of hydrogen-bond donors (Lipinski definition) is 1. The van der Waals surface area contributed by atoms with Gasteiger partial charge in [-0.15, -0.1) is 0 Å². The molecule has 1 aromatic carbocycles. The molecule has 0 saturated carbocycles. The fourth-order valence-electron chi connectivity index (χ4n) is 4.19. The number of carbonyl (C=O) groups excluding carboxylic acids is 4. The molecule has 1 unspecified atom stereocenters. The van der Waals surface area contributed by atoms with E-state index in [9.17, 15) is 19.2 Å². The smallest absolute Gasteiger partial charge is 0.337 e. The Bertz CT molecular complexity index is 823. The first-order valence-electron chi connectivity index (χ1n) is 12.9. The van der Waals surface area contributed by atoms with Gasteiger partial charge in [-0.1, -0.05) is 64.7 Å².